The molecule has 8 nitrogen and oxygen atoms in total. The van der Waals surface area contributed by atoms with Crippen LogP contribution in [-0.2, 0) is 14.3 Å². The van der Waals surface area contributed by atoms with Gasteiger partial charge in [-0.1, -0.05) is 46.6 Å². The zero-order chi connectivity index (χ0) is 23.5. The Bertz CT molecular complexity index is 1190. The number of halogens is 1. The number of benzene rings is 2. The summed E-state index contributed by atoms with van der Waals surface area (Å²) in [7, 11) is 0. The number of anilines is 2. The molecule has 33 heavy (non-hydrogen) atoms. The lowest BCUT2D eigenvalue weighted by atomic mass is 10.1. The first-order valence-electron chi connectivity index (χ1n) is 10.5. The van der Waals surface area contributed by atoms with Crippen LogP contribution >= 0.6 is 11.6 Å². The molecule has 1 N–H and O–H groups in total. The summed E-state index contributed by atoms with van der Waals surface area (Å²) >= 11 is 5.95. The monoisotopic (exact) mass is 467 g/mol. The highest BCUT2D eigenvalue weighted by molar-refractivity contribution is 6.30. The van der Waals surface area contributed by atoms with E-state index in [0.29, 0.717) is 10.6 Å². The van der Waals surface area contributed by atoms with Gasteiger partial charge in [0, 0.05) is 29.2 Å². The number of hydrogen-bond donors (Lipinski definition) is 1. The van der Waals surface area contributed by atoms with Crippen LogP contribution in [0.25, 0.3) is 11.3 Å². The number of ether oxygens (including phenoxy) is 1. The summed E-state index contributed by atoms with van der Waals surface area (Å²) in [5, 5.41) is 7.12. The van der Waals surface area contributed by atoms with E-state index in [9.17, 15) is 14.4 Å². The van der Waals surface area contributed by atoms with Crippen molar-refractivity contribution < 1.29 is 23.6 Å². The first kappa shape index (κ1) is 22.5. The third kappa shape index (κ3) is 4.75. The summed E-state index contributed by atoms with van der Waals surface area (Å²) in [6.07, 6.45) is 0.0482. The number of nitrogens with one attached hydrogen (secondary N) is 1. The molecular formula is C24H22ClN3O5. The molecule has 9 heteroatoms. The summed E-state index contributed by atoms with van der Waals surface area (Å²) in [6.45, 7) is 4.00. The number of amides is 2. The minimum Gasteiger partial charge on any atom is -0.462 e. The molecule has 0 radical (unpaired) electrons. The largest absolute Gasteiger partial charge is 0.462 e. The molecule has 0 aliphatic carbocycles. The number of esters is 1. The third-order valence-electron chi connectivity index (χ3n) is 5.37. The van der Waals surface area contributed by atoms with Gasteiger partial charge in [-0.15, -0.1) is 0 Å². The van der Waals surface area contributed by atoms with Gasteiger partial charge in [0.05, 0.1) is 12.5 Å². The fourth-order valence-electron chi connectivity index (χ4n) is 3.64. The molecule has 1 aromatic heterocycles. The van der Waals surface area contributed by atoms with E-state index in [4.69, 9.17) is 20.9 Å². The molecule has 1 unspecified atom stereocenters. The Morgan fingerprint density at radius 3 is 2.55 bits per heavy atom. The Balaban J connectivity index is 1.56. The first-order chi connectivity index (χ1) is 15.9. The molecule has 1 aliphatic heterocycles. The summed E-state index contributed by atoms with van der Waals surface area (Å²) in [5.41, 5.74) is 2.62. The predicted molar refractivity (Wildman–Crippen MR) is 123 cm³/mol. The van der Waals surface area contributed by atoms with E-state index in [-0.39, 0.29) is 42.6 Å². The van der Waals surface area contributed by atoms with Gasteiger partial charge >= 0.3 is 5.97 Å². The Labute approximate surface area is 195 Å². The topological polar surface area (TPSA) is 102 Å². The Hall–Kier alpha value is -3.65. The molecule has 3 aromatic rings. The van der Waals surface area contributed by atoms with Crippen molar-refractivity contribution in [1.82, 2.24) is 5.16 Å². The minimum atomic E-state index is -0.678. The van der Waals surface area contributed by atoms with Gasteiger partial charge in [-0.2, -0.15) is 0 Å². The van der Waals surface area contributed by atoms with Gasteiger partial charge in [-0.05, 0) is 38.1 Å². The van der Waals surface area contributed by atoms with Crippen molar-refractivity contribution >= 4 is 41.0 Å². The Morgan fingerprint density at radius 1 is 1.18 bits per heavy atom. The van der Waals surface area contributed by atoms with Crippen molar-refractivity contribution in [1.29, 1.82) is 0 Å². The van der Waals surface area contributed by atoms with Crippen molar-refractivity contribution in [3.8, 4) is 11.3 Å². The molecule has 2 aromatic carbocycles. The second-order valence-electron chi connectivity index (χ2n) is 7.69. The molecule has 0 bridgehead atoms. The number of rotatable bonds is 6. The first-order valence-corrected chi connectivity index (χ1v) is 10.9. The van der Waals surface area contributed by atoms with Gasteiger partial charge in [0.2, 0.25) is 17.7 Å². The SMILES string of the molecule is CCOC(=O)c1c(-c2ccc(Cl)cc2)noc1NC(=O)C1CC(=O)N(c2ccc(C)cc2)C1. The molecule has 1 atom stereocenters. The summed E-state index contributed by atoms with van der Waals surface area (Å²) in [5.74, 6) is -2.00. The quantitative estimate of drug-likeness (QED) is 0.536. The Kier molecular flexibility index (Phi) is 6.46. The number of hydrogen-bond acceptors (Lipinski definition) is 6. The van der Waals surface area contributed by atoms with Crippen molar-refractivity contribution in [2.75, 3.05) is 23.4 Å². The maximum absolute atomic E-state index is 13.0. The van der Waals surface area contributed by atoms with Gasteiger partial charge < -0.3 is 14.2 Å². The number of carbonyl (C=O) groups is 3. The van der Waals surface area contributed by atoms with Crippen LogP contribution in [0.3, 0.4) is 0 Å². The Morgan fingerprint density at radius 2 is 1.88 bits per heavy atom. The highest BCUT2D eigenvalue weighted by Crippen LogP contribution is 2.32. The molecule has 170 valence electrons. The smallest absolute Gasteiger partial charge is 0.346 e. The van der Waals surface area contributed by atoms with E-state index in [2.05, 4.69) is 10.5 Å². The van der Waals surface area contributed by atoms with Gasteiger partial charge in [0.1, 0.15) is 5.69 Å². The highest BCUT2D eigenvalue weighted by atomic mass is 35.5. The van der Waals surface area contributed by atoms with Crippen molar-refractivity contribution in [2.24, 2.45) is 5.92 Å². The molecular weight excluding hydrogens is 446 g/mol. The summed E-state index contributed by atoms with van der Waals surface area (Å²) in [6, 6.07) is 14.2. The van der Waals surface area contributed by atoms with Gasteiger partial charge in [0.25, 0.3) is 0 Å². The molecule has 4 rings (SSSR count). The third-order valence-corrected chi connectivity index (χ3v) is 5.62. The average molecular weight is 468 g/mol. The average Bonchev–Trinajstić information content (AvgIpc) is 3.39. The van der Waals surface area contributed by atoms with Crippen LogP contribution in [0.5, 0.6) is 0 Å². The molecule has 2 heterocycles. The van der Waals surface area contributed by atoms with E-state index >= 15 is 0 Å². The minimum absolute atomic E-state index is 0.00670. The van der Waals surface area contributed by atoms with Crippen molar-refractivity contribution in [3.05, 3.63) is 64.7 Å². The zero-order valence-electron chi connectivity index (χ0n) is 18.1. The van der Waals surface area contributed by atoms with Crippen LogP contribution in [0.4, 0.5) is 11.6 Å². The van der Waals surface area contributed by atoms with Crippen LogP contribution in [0.15, 0.2) is 53.1 Å². The van der Waals surface area contributed by atoms with Crippen LogP contribution in [0, 0.1) is 12.8 Å². The van der Waals surface area contributed by atoms with E-state index in [1.165, 1.54) is 0 Å². The molecule has 0 spiro atoms. The van der Waals surface area contributed by atoms with Crippen molar-refractivity contribution in [3.63, 3.8) is 0 Å². The van der Waals surface area contributed by atoms with Crippen LogP contribution in [-0.4, -0.2) is 36.1 Å². The zero-order valence-corrected chi connectivity index (χ0v) is 18.9. The molecule has 1 saturated heterocycles. The number of nitrogens with zero attached hydrogens (tertiary/aromatic N) is 2. The second kappa shape index (κ2) is 9.46. The molecule has 2 amide bonds. The highest BCUT2D eigenvalue weighted by Gasteiger charge is 2.36. The fourth-order valence-corrected chi connectivity index (χ4v) is 3.77. The van der Waals surface area contributed by atoms with Crippen molar-refractivity contribution in [2.45, 2.75) is 20.3 Å². The maximum atomic E-state index is 13.0. The van der Waals surface area contributed by atoms with Crippen LogP contribution in [0.2, 0.25) is 5.02 Å². The summed E-state index contributed by atoms with van der Waals surface area (Å²) in [4.78, 5) is 39.7. The number of carbonyl (C=O) groups excluding carboxylic acids is 3. The van der Waals surface area contributed by atoms with Gasteiger partial charge in [0.15, 0.2) is 5.56 Å². The number of aryl methyl sites for hydroxylation is 1. The van der Waals surface area contributed by atoms with E-state index < -0.39 is 17.8 Å². The van der Waals surface area contributed by atoms with E-state index in [0.717, 1.165) is 11.3 Å². The molecule has 1 fully saturated rings. The number of aromatic nitrogens is 1. The standard InChI is InChI=1S/C24H22ClN3O5/c1-3-32-24(31)20-21(15-6-8-17(25)9-7-15)27-33-23(20)26-22(30)16-12-19(29)28(13-16)18-10-4-14(2)5-11-18/h4-11,16H,3,12-13H2,1-2H3,(H,26,30). The van der Waals surface area contributed by atoms with Gasteiger partial charge in [-0.25, -0.2) is 4.79 Å². The van der Waals surface area contributed by atoms with E-state index in [1.54, 1.807) is 36.1 Å². The van der Waals surface area contributed by atoms with Crippen LogP contribution in [0.1, 0.15) is 29.3 Å². The molecule has 0 saturated carbocycles. The lowest BCUT2D eigenvalue weighted by molar-refractivity contribution is -0.122. The predicted octanol–water partition coefficient (Wildman–Crippen LogP) is 4.47. The lowest BCUT2D eigenvalue weighted by Gasteiger charge is -2.16. The van der Waals surface area contributed by atoms with E-state index in [1.807, 2.05) is 31.2 Å². The van der Waals surface area contributed by atoms with Crippen LogP contribution < -0.4 is 10.2 Å². The molecule has 1 aliphatic rings. The second-order valence-corrected chi connectivity index (χ2v) is 8.13. The normalized spacial score (nSPS) is 15.5. The maximum Gasteiger partial charge on any atom is 0.346 e. The fraction of sp³-hybridized carbons (Fsp3) is 0.250. The summed E-state index contributed by atoms with van der Waals surface area (Å²) < 4.78 is 10.5. The lowest BCUT2D eigenvalue weighted by Crippen LogP contribution is -2.28. The van der Waals surface area contributed by atoms with Gasteiger partial charge in [-0.3, -0.25) is 14.9 Å².